The molecular weight excluding hydrogens is 180 g/mol. The molecule has 0 bridgehead atoms. The number of hydrogen-bond acceptors (Lipinski definition) is 2. The molecule has 1 unspecified atom stereocenters. The highest BCUT2D eigenvalue weighted by molar-refractivity contribution is 5.87. The van der Waals surface area contributed by atoms with Gasteiger partial charge in [-0.2, -0.15) is 0 Å². The van der Waals surface area contributed by atoms with E-state index in [1.807, 2.05) is 0 Å². The molecule has 1 atom stereocenters. The Kier molecular flexibility index (Phi) is 3.42. The maximum atomic E-state index is 10.5. The smallest absolute Gasteiger partial charge is 0.335 e. The third kappa shape index (κ3) is 2.44. The first-order valence-corrected chi connectivity index (χ1v) is 4.27. The highest BCUT2D eigenvalue weighted by Crippen LogP contribution is 2.17. The maximum Gasteiger partial charge on any atom is 0.335 e. The van der Waals surface area contributed by atoms with Crippen LogP contribution in [0.4, 0.5) is 0 Å². The number of carboxylic acid groups (broad SMARTS) is 1. The normalized spacial score (nSPS) is 12.1. The molecule has 0 radical (unpaired) electrons. The van der Waals surface area contributed by atoms with Crippen LogP contribution in [-0.4, -0.2) is 16.2 Å². The zero-order valence-electron chi connectivity index (χ0n) is 7.68. The van der Waals surface area contributed by atoms with Gasteiger partial charge in [0, 0.05) is 0 Å². The molecule has 0 aliphatic carbocycles. The number of aromatic carboxylic acids is 1. The van der Waals surface area contributed by atoms with Gasteiger partial charge in [-0.15, -0.1) is 6.58 Å². The molecule has 3 nitrogen and oxygen atoms in total. The van der Waals surface area contributed by atoms with E-state index in [9.17, 15) is 9.90 Å². The van der Waals surface area contributed by atoms with Gasteiger partial charge in [0.1, 0.15) is 0 Å². The summed E-state index contributed by atoms with van der Waals surface area (Å²) < 4.78 is 0. The quantitative estimate of drug-likeness (QED) is 0.717. The van der Waals surface area contributed by atoms with Crippen LogP contribution in [0.1, 0.15) is 28.4 Å². The average molecular weight is 192 g/mol. The van der Waals surface area contributed by atoms with Gasteiger partial charge >= 0.3 is 5.97 Å². The van der Waals surface area contributed by atoms with E-state index in [-0.39, 0.29) is 5.56 Å². The van der Waals surface area contributed by atoms with Crippen LogP contribution in [-0.2, 0) is 0 Å². The summed E-state index contributed by atoms with van der Waals surface area (Å²) in [5.74, 6) is -0.963. The van der Waals surface area contributed by atoms with Crippen molar-refractivity contribution >= 4 is 5.97 Å². The van der Waals surface area contributed by atoms with E-state index in [4.69, 9.17) is 5.11 Å². The summed E-state index contributed by atoms with van der Waals surface area (Å²) in [6.45, 7) is 3.52. The molecule has 74 valence electrons. The lowest BCUT2D eigenvalue weighted by Gasteiger charge is -2.07. The Morgan fingerprint density at radius 1 is 1.43 bits per heavy atom. The minimum absolute atomic E-state index is 0.222. The van der Waals surface area contributed by atoms with Crippen LogP contribution in [0, 0.1) is 0 Å². The topological polar surface area (TPSA) is 57.5 Å². The average Bonchev–Trinajstić information content (AvgIpc) is 2.18. The molecule has 0 heterocycles. The third-order valence-electron chi connectivity index (χ3n) is 1.93. The zero-order valence-corrected chi connectivity index (χ0v) is 7.68. The molecule has 0 aromatic heterocycles. The highest BCUT2D eigenvalue weighted by Gasteiger charge is 2.06. The third-order valence-corrected chi connectivity index (χ3v) is 1.93. The van der Waals surface area contributed by atoms with Crippen molar-refractivity contribution in [1.29, 1.82) is 0 Å². The molecular formula is C11H12O3. The standard InChI is InChI=1S/C11H12O3/c1-2-3-10(12)8-4-6-9(7-5-8)11(13)14/h2,4-7,10,12H,1,3H2,(H,13,14). The molecule has 0 aliphatic heterocycles. The monoisotopic (exact) mass is 192 g/mol. The highest BCUT2D eigenvalue weighted by atomic mass is 16.4. The predicted octanol–water partition coefficient (Wildman–Crippen LogP) is 1.99. The fourth-order valence-corrected chi connectivity index (χ4v) is 1.14. The van der Waals surface area contributed by atoms with E-state index in [1.54, 1.807) is 18.2 Å². The van der Waals surface area contributed by atoms with Crippen molar-refractivity contribution < 1.29 is 15.0 Å². The maximum absolute atomic E-state index is 10.5. The van der Waals surface area contributed by atoms with Crippen LogP contribution in [0.2, 0.25) is 0 Å². The second kappa shape index (κ2) is 4.58. The van der Waals surface area contributed by atoms with E-state index in [1.165, 1.54) is 12.1 Å². The Morgan fingerprint density at radius 2 is 2.00 bits per heavy atom. The van der Waals surface area contributed by atoms with E-state index < -0.39 is 12.1 Å². The van der Waals surface area contributed by atoms with Crippen molar-refractivity contribution in [2.24, 2.45) is 0 Å². The van der Waals surface area contributed by atoms with Crippen LogP contribution in [0.3, 0.4) is 0 Å². The van der Waals surface area contributed by atoms with E-state index in [0.717, 1.165) is 0 Å². The second-order valence-corrected chi connectivity index (χ2v) is 2.97. The van der Waals surface area contributed by atoms with Crippen molar-refractivity contribution in [2.75, 3.05) is 0 Å². The number of aliphatic hydroxyl groups excluding tert-OH is 1. The zero-order chi connectivity index (χ0) is 10.6. The first-order chi connectivity index (χ1) is 6.65. The number of aliphatic hydroxyl groups is 1. The van der Waals surface area contributed by atoms with Crippen LogP contribution < -0.4 is 0 Å². The molecule has 0 spiro atoms. The van der Waals surface area contributed by atoms with Crippen LogP contribution >= 0.6 is 0 Å². The summed E-state index contributed by atoms with van der Waals surface area (Å²) in [6, 6.07) is 6.17. The van der Waals surface area contributed by atoms with Crippen molar-refractivity contribution in [1.82, 2.24) is 0 Å². The van der Waals surface area contributed by atoms with Crippen molar-refractivity contribution in [3.63, 3.8) is 0 Å². The Hall–Kier alpha value is -1.61. The molecule has 0 saturated carbocycles. The lowest BCUT2D eigenvalue weighted by Crippen LogP contribution is -1.99. The molecule has 1 rings (SSSR count). The molecule has 1 aromatic rings. The van der Waals surface area contributed by atoms with Crippen LogP contribution in [0.5, 0.6) is 0 Å². The Labute approximate surface area is 82.3 Å². The number of rotatable bonds is 4. The molecule has 0 saturated heterocycles. The lowest BCUT2D eigenvalue weighted by molar-refractivity contribution is 0.0696. The number of benzene rings is 1. The Morgan fingerprint density at radius 3 is 2.43 bits per heavy atom. The summed E-state index contributed by atoms with van der Waals surface area (Å²) in [6.07, 6.45) is 1.48. The minimum Gasteiger partial charge on any atom is -0.478 e. The molecule has 3 heteroatoms. The van der Waals surface area contributed by atoms with Gasteiger partial charge in [0.2, 0.25) is 0 Å². The first kappa shape index (κ1) is 10.5. The Balaban J connectivity index is 2.82. The van der Waals surface area contributed by atoms with Gasteiger partial charge < -0.3 is 10.2 Å². The molecule has 0 amide bonds. The van der Waals surface area contributed by atoms with Gasteiger partial charge in [-0.25, -0.2) is 4.79 Å². The molecule has 0 aliphatic rings. The Bertz CT molecular complexity index is 327. The summed E-state index contributed by atoms with van der Waals surface area (Å²) in [7, 11) is 0. The summed E-state index contributed by atoms with van der Waals surface area (Å²) in [5, 5.41) is 18.2. The van der Waals surface area contributed by atoms with Gasteiger partial charge in [-0.05, 0) is 24.1 Å². The van der Waals surface area contributed by atoms with Crippen molar-refractivity contribution in [3.05, 3.63) is 48.0 Å². The molecule has 0 fully saturated rings. The number of carboxylic acids is 1. The van der Waals surface area contributed by atoms with Gasteiger partial charge in [0.05, 0.1) is 11.7 Å². The SMILES string of the molecule is C=CCC(O)c1ccc(C(=O)O)cc1. The molecule has 1 aromatic carbocycles. The molecule has 14 heavy (non-hydrogen) atoms. The van der Waals surface area contributed by atoms with Crippen LogP contribution in [0.25, 0.3) is 0 Å². The lowest BCUT2D eigenvalue weighted by atomic mass is 10.0. The van der Waals surface area contributed by atoms with Gasteiger partial charge in [0.15, 0.2) is 0 Å². The van der Waals surface area contributed by atoms with Crippen molar-refractivity contribution in [2.45, 2.75) is 12.5 Å². The number of carbonyl (C=O) groups is 1. The summed E-state index contributed by atoms with van der Waals surface area (Å²) in [5.41, 5.74) is 0.925. The summed E-state index contributed by atoms with van der Waals surface area (Å²) in [4.78, 5) is 10.5. The van der Waals surface area contributed by atoms with Gasteiger partial charge in [-0.3, -0.25) is 0 Å². The minimum atomic E-state index is -0.963. The fourth-order valence-electron chi connectivity index (χ4n) is 1.14. The van der Waals surface area contributed by atoms with Crippen LogP contribution in [0.15, 0.2) is 36.9 Å². The summed E-state index contributed by atoms with van der Waals surface area (Å²) >= 11 is 0. The largest absolute Gasteiger partial charge is 0.478 e. The fraction of sp³-hybridized carbons (Fsp3) is 0.182. The number of hydrogen-bond donors (Lipinski definition) is 2. The first-order valence-electron chi connectivity index (χ1n) is 4.27. The molecule has 2 N–H and O–H groups in total. The van der Waals surface area contributed by atoms with Gasteiger partial charge in [-0.1, -0.05) is 18.2 Å². The van der Waals surface area contributed by atoms with E-state index in [2.05, 4.69) is 6.58 Å². The van der Waals surface area contributed by atoms with E-state index in [0.29, 0.717) is 12.0 Å². The second-order valence-electron chi connectivity index (χ2n) is 2.97. The predicted molar refractivity (Wildman–Crippen MR) is 53.2 cm³/mol. The van der Waals surface area contributed by atoms with E-state index >= 15 is 0 Å². The van der Waals surface area contributed by atoms with Gasteiger partial charge in [0.25, 0.3) is 0 Å². The van der Waals surface area contributed by atoms with Crippen molar-refractivity contribution in [3.8, 4) is 0 Å².